The van der Waals surface area contributed by atoms with Crippen molar-refractivity contribution in [2.75, 3.05) is 37.4 Å². The van der Waals surface area contributed by atoms with Crippen molar-refractivity contribution in [3.63, 3.8) is 0 Å². The van der Waals surface area contributed by atoms with Crippen LogP contribution in [0, 0.1) is 0 Å². The first kappa shape index (κ1) is 27.2. The Balaban J connectivity index is 1.91. The molecule has 186 valence electrons. The predicted octanol–water partition coefficient (Wildman–Crippen LogP) is 5.43. The van der Waals surface area contributed by atoms with E-state index < -0.39 is 11.8 Å². The summed E-state index contributed by atoms with van der Waals surface area (Å²) in [5.74, 6) is -0.550. The molecule has 3 N–H and O–H groups in total. The highest BCUT2D eigenvalue weighted by Crippen LogP contribution is 2.35. The van der Waals surface area contributed by atoms with Gasteiger partial charge in [-0.1, -0.05) is 34.8 Å². The van der Waals surface area contributed by atoms with Gasteiger partial charge in [0.25, 0.3) is 11.8 Å². The van der Waals surface area contributed by atoms with Crippen LogP contribution in [0.1, 0.15) is 32.5 Å². The number of thiophene rings is 1. The number of benzene rings is 1. The van der Waals surface area contributed by atoms with E-state index in [9.17, 15) is 9.59 Å². The van der Waals surface area contributed by atoms with Crippen LogP contribution in [0.15, 0.2) is 35.8 Å². The number of carbonyl (C=O) groups is 2. The van der Waals surface area contributed by atoms with Gasteiger partial charge in [0.2, 0.25) is 0 Å². The minimum atomic E-state index is -0.554. The number of pyridine rings is 1. The maximum Gasteiger partial charge on any atom is 0.267 e. The van der Waals surface area contributed by atoms with E-state index in [-0.39, 0.29) is 45.9 Å². The van der Waals surface area contributed by atoms with Gasteiger partial charge in [0.15, 0.2) is 0 Å². The van der Waals surface area contributed by atoms with Crippen LogP contribution in [0.3, 0.4) is 0 Å². The fourth-order valence-electron chi connectivity index (χ4n) is 3.14. The van der Waals surface area contributed by atoms with Crippen molar-refractivity contribution in [1.82, 2.24) is 9.88 Å². The molecule has 3 rings (SSSR count). The highest BCUT2D eigenvalue weighted by Gasteiger charge is 2.24. The lowest BCUT2D eigenvalue weighted by molar-refractivity contribution is 0.102. The highest BCUT2D eigenvalue weighted by atomic mass is 35.5. The van der Waals surface area contributed by atoms with Crippen LogP contribution >= 0.6 is 46.1 Å². The summed E-state index contributed by atoms with van der Waals surface area (Å²) in [4.78, 5) is 32.5. The number of hydrogen-bond acceptors (Lipinski definition) is 7. The van der Waals surface area contributed by atoms with Crippen molar-refractivity contribution in [2.24, 2.45) is 0 Å². The summed E-state index contributed by atoms with van der Waals surface area (Å²) in [6.45, 7) is 3.01. The monoisotopic (exact) mass is 556 g/mol. The summed E-state index contributed by atoms with van der Waals surface area (Å²) in [6, 6.07) is 6.08. The van der Waals surface area contributed by atoms with Gasteiger partial charge in [0, 0.05) is 30.4 Å². The Morgan fingerprint density at radius 1 is 1.14 bits per heavy atom. The Bertz CT molecular complexity index is 1200. The smallest absolute Gasteiger partial charge is 0.267 e. The first-order chi connectivity index (χ1) is 16.7. The number of likely N-dealkylation sites (N-methyl/N-ethyl adjacent to an activating group) is 1. The molecular weight excluding hydrogens is 535 g/mol. The number of ether oxygens (including phenoxy) is 1. The first-order valence-electron chi connectivity index (χ1n) is 10.5. The van der Waals surface area contributed by atoms with Gasteiger partial charge < -0.3 is 20.5 Å². The van der Waals surface area contributed by atoms with Gasteiger partial charge in [-0.25, -0.2) is 4.98 Å². The van der Waals surface area contributed by atoms with Crippen LogP contribution < -0.4 is 15.4 Å². The summed E-state index contributed by atoms with van der Waals surface area (Å²) < 4.78 is 5.65. The van der Waals surface area contributed by atoms with Gasteiger partial charge in [0.1, 0.15) is 16.4 Å². The summed E-state index contributed by atoms with van der Waals surface area (Å²) in [6.07, 6.45) is 1.40. The highest BCUT2D eigenvalue weighted by molar-refractivity contribution is 7.13. The molecule has 0 atom stereocenters. The standard InChI is InChI=1S/C23H23Cl3N4O4S/c1-3-34-17-9-15(25)8-16(22(32)28-18-5-4-14(24)10-27-18)20(17)29-23(33)21-19(26)13(12-35-21)11-30(2)6-7-31/h4-5,8-10,12,31H,3,6-7,11H2,1-2H3,(H,29,33)(H,27,28,32). The molecule has 0 aliphatic heterocycles. The Morgan fingerprint density at radius 2 is 1.91 bits per heavy atom. The third kappa shape index (κ3) is 7.07. The molecule has 3 aromatic rings. The number of nitrogens with zero attached hydrogens (tertiary/aromatic N) is 2. The quantitative estimate of drug-likeness (QED) is 0.307. The number of aromatic nitrogens is 1. The molecule has 35 heavy (non-hydrogen) atoms. The van der Waals surface area contributed by atoms with Crippen LogP contribution in [0.5, 0.6) is 5.75 Å². The van der Waals surface area contributed by atoms with E-state index in [1.54, 1.807) is 24.4 Å². The Morgan fingerprint density at radius 3 is 2.57 bits per heavy atom. The number of rotatable bonds is 10. The van der Waals surface area contributed by atoms with E-state index in [1.165, 1.54) is 29.7 Å². The molecule has 0 fully saturated rings. The van der Waals surface area contributed by atoms with E-state index >= 15 is 0 Å². The lowest BCUT2D eigenvalue weighted by Crippen LogP contribution is -2.21. The van der Waals surface area contributed by atoms with Gasteiger partial charge in [-0.2, -0.15) is 0 Å². The molecule has 0 saturated carbocycles. The number of hydrogen-bond donors (Lipinski definition) is 3. The number of nitrogens with one attached hydrogen (secondary N) is 2. The zero-order valence-electron chi connectivity index (χ0n) is 18.9. The van der Waals surface area contributed by atoms with Crippen LogP contribution in [0.25, 0.3) is 0 Å². The lowest BCUT2D eigenvalue weighted by Gasteiger charge is -2.17. The second-order valence-corrected chi connectivity index (χ2v) is 9.53. The Hall–Kier alpha value is -2.40. The molecule has 0 aliphatic rings. The number of aliphatic hydroxyl groups excluding tert-OH is 1. The molecule has 0 radical (unpaired) electrons. The van der Waals surface area contributed by atoms with Gasteiger partial charge in [0.05, 0.1) is 34.5 Å². The fourth-order valence-corrected chi connectivity index (χ4v) is 4.71. The average molecular weight is 558 g/mol. The van der Waals surface area contributed by atoms with E-state index in [0.717, 1.165) is 5.56 Å². The molecule has 2 heterocycles. The van der Waals surface area contributed by atoms with Crippen molar-refractivity contribution in [3.05, 3.63) is 66.9 Å². The summed E-state index contributed by atoms with van der Waals surface area (Å²) >= 11 is 19.8. The second-order valence-electron chi connectivity index (χ2n) is 7.39. The second kappa shape index (κ2) is 12.5. The van der Waals surface area contributed by atoms with E-state index in [1.807, 2.05) is 11.9 Å². The van der Waals surface area contributed by atoms with Crippen LogP contribution in [0.2, 0.25) is 15.1 Å². The molecule has 1 aromatic carbocycles. The Kier molecular flexibility index (Phi) is 9.73. The molecular formula is C23H23Cl3N4O4S. The molecule has 2 amide bonds. The topological polar surface area (TPSA) is 104 Å². The first-order valence-corrected chi connectivity index (χ1v) is 12.5. The van der Waals surface area contributed by atoms with E-state index in [4.69, 9.17) is 44.6 Å². The van der Waals surface area contributed by atoms with Gasteiger partial charge in [-0.15, -0.1) is 11.3 Å². The number of anilines is 2. The molecule has 0 saturated heterocycles. The predicted molar refractivity (Wildman–Crippen MR) is 141 cm³/mol. The van der Waals surface area contributed by atoms with Gasteiger partial charge >= 0.3 is 0 Å². The van der Waals surface area contributed by atoms with Crippen molar-refractivity contribution < 1.29 is 19.4 Å². The van der Waals surface area contributed by atoms with Crippen molar-refractivity contribution in [2.45, 2.75) is 13.5 Å². The SMILES string of the molecule is CCOc1cc(Cl)cc(C(=O)Nc2ccc(Cl)cn2)c1NC(=O)c1scc(CN(C)CCO)c1Cl. The maximum atomic E-state index is 13.2. The number of amides is 2. The third-order valence-corrected chi connectivity index (χ3v) is 6.76. The average Bonchev–Trinajstić information content (AvgIpc) is 3.17. The van der Waals surface area contributed by atoms with Crippen LogP contribution in [-0.4, -0.2) is 53.6 Å². The minimum absolute atomic E-state index is 0.0127. The summed E-state index contributed by atoms with van der Waals surface area (Å²) in [5.41, 5.74) is 0.989. The fraction of sp³-hybridized carbons (Fsp3) is 0.261. The molecule has 8 nitrogen and oxygen atoms in total. The molecule has 12 heteroatoms. The number of halogens is 3. The Labute approximate surface area is 221 Å². The maximum absolute atomic E-state index is 13.2. The minimum Gasteiger partial charge on any atom is -0.492 e. The lowest BCUT2D eigenvalue weighted by atomic mass is 10.1. The van der Waals surface area contributed by atoms with E-state index in [0.29, 0.717) is 23.1 Å². The third-order valence-electron chi connectivity index (χ3n) is 4.75. The summed E-state index contributed by atoms with van der Waals surface area (Å²) in [5, 5.41) is 17.3. The zero-order chi connectivity index (χ0) is 25.5. The van der Waals surface area contributed by atoms with Crippen molar-refractivity contribution in [3.8, 4) is 5.75 Å². The van der Waals surface area contributed by atoms with Gasteiger partial charge in [-0.05, 0) is 43.1 Å². The van der Waals surface area contributed by atoms with Crippen molar-refractivity contribution in [1.29, 1.82) is 0 Å². The van der Waals surface area contributed by atoms with Crippen LogP contribution in [-0.2, 0) is 6.54 Å². The molecule has 2 aromatic heterocycles. The number of aliphatic hydroxyl groups is 1. The number of carbonyl (C=O) groups excluding carboxylic acids is 2. The van der Waals surface area contributed by atoms with E-state index in [2.05, 4.69) is 15.6 Å². The van der Waals surface area contributed by atoms with Gasteiger partial charge in [-0.3, -0.25) is 14.5 Å². The summed E-state index contributed by atoms with van der Waals surface area (Å²) in [7, 11) is 1.84. The molecule has 0 aliphatic carbocycles. The zero-order valence-corrected chi connectivity index (χ0v) is 22.0. The molecule has 0 spiro atoms. The molecule has 0 unspecified atom stereocenters. The molecule has 0 bridgehead atoms. The normalized spacial score (nSPS) is 10.9. The van der Waals surface area contributed by atoms with Crippen molar-refractivity contribution >= 4 is 69.5 Å². The largest absolute Gasteiger partial charge is 0.492 e. The van der Waals surface area contributed by atoms with Crippen LogP contribution in [0.4, 0.5) is 11.5 Å².